The highest BCUT2D eigenvalue weighted by Gasteiger charge is 2.04. The molecule has 112 valence electrons. The van der Waals surface area contributed by atoms with E-state index in [1.165, 1.54) is 11.1 Å². The first kappa shape index (κ1) is 16.0. The van der Waals surface area contributed by atoms with Crippen LogP contribution in [0.25, 0.3) is 0 Å². The minimum Gasteiger partial charge on any atom is -0.313 e. The SMILES string of the molecule is CCCNCc1ccc(Cc2ccc(CC)cn2)c(Cl)c1. The molecule has 0 amide bonds. The van der Waals surface area contributed by atoms with Crippen LogP contribution < -0.4 is 5.32 Å². The average Bonchev–Trinajstić information content (AvgIpc) is 2.51. The van der Waals surface area contributed by atoms with E-state index < -0.39 is 0 Å². The third-order valence-electron chi connectivity index (χ3n) is 3.54. The normalized spacial score (nSPS) is 10.8. The van der Waals surface area contributed by atoms with Crippen molar-refractivity contribution in [2.75, 3.05) is 6.54 Å². The quantitative estimate of drug-likeness (QED) is 0.767. The highest BCUT2D eigenvalue weighted by atomic mass is 35.5. The standard InChI is InChI=1S/C18H23ClN2/c1-3-9-20-12-15-5-7-16(18(19)10-15)11-17-8-6-14(4-2)13-21-17/h5-8,10,13,20H,3-4,9,11-12H2,1-2H3. The maximum atomic E-state index is 6.40. The van der Waals surface area contributed by atoms with Crippen molar-refractivity contribution >= 4 is 11.6 Å². The lowest BCUT2D eigenvalue weighted by Gasteiger charge is -2.08. The Balaban J connectivity index is 2.02. The summed E-state index contributed by atoms with van der Waals surface area (Å²) in [5.74, 6) is 0. The summed E-state index contributed by atoms with van der Waals surface area (Å²) in [5, 5.41) is 4.22. The van der Waals surface area contributed by atoms with Crippen LogP contribution in [0.4, 0.5) is 0 Å². The van der Waals surface area contributed by atoms with Crippen LogP contribution in [0, 0.1) is 0 Å². The first-order valence-corrected chi connectivity index (χ1v) is 8.02. The van der Waals surface area contributed by atoms with Gasteiger partial charge in [0.05, 0.1) is 0 Å². The number of halogens is 1. The van der Waals surface area contributed by atoms with E-state index in [0.29, 0.717) is 0 Å². The van der Waals surface area contributed by atoms with E-state index in [4.69, 9.17) is 11.6 Å². The number of pyridine rings is 1. The van der Waals surface area contributed by atoms with E-state index >= 15 is 0 Å². The van der Waals surface area contributed by atoms with Gasteiger partial charge in [-0.25, -0.2) is 0 Å². The lowest BCUT2D eigenvalue weighted by Crippen LogP contribution is -2.13. The summed E-state index contributed by atoms with van der Waals surface area (Å²) >= 11 is 6.40. The fourth-order valence-electron chi connectivity index (χ4n) is 2.22. The predicted octanol–water partition coefficient (Wildman–Crippen LogP) is 4.39. The van der Waals surface area contributed by atoms with Gasteiger partial charge in [-0.15, -0.1) is 0 Å². The molecule has 1 aromatic carbocycles. The van der Waals surface area contributed by atoms with Crippen LogP contribution in [0.5, 0.6) is 0 Å². The smallest absolute Gasteiger partial charge is 0.0448 e. The molecular formula is C18H23ClN2. The summed E-state index contributed by atoms with van der Waals surface area (Å²) in [6.07, 6.45) is 4.90. The lowest BCUT2D eigenvalue weighted by atomic mass is 10.1. The van der Waals surface area contributed by atoms with Crippen molar-refractivity contribution in [2.24, 2.45) is 0 Å². The second-order valence-electron chi connectivity index (χ2n) is 5.29. The molecule has 0 fully saturated rings. The number of hydrogen-bond acceptors (Lipinski definition) is 2. The van der Waals surface area contributed by atoms with Gasteiger partial charge >= 0.3 is 0 Å². The van der Waals surface area contributed by atoms with E-state index in [0.717, 1.165) is 48.6 Å². The number of rotatable bonds is 7. The van der Waals surface area contributed by atoms with E-state index in [1.54, 1.807) is 0 Å². The zero-order chi connectivity index (χ0) is 15.1. The topological polar surface area (TPSA) is 24.9 Å². The second-order valence-corrected chi connectivity index (χ2v) is 5.70. The molecule has 0 saturated carbocycles. The van der Waals surface area contributed by atoms with E-state index in [-0.39, 0.29) is 0 Å². The molecule has 0 radical (unpaired) electrons. The van der Waals surface area contributed by atoms with Gasteiger partial charge in [0.25, 0.3) is 0 Å². The third-order valence-corrected chi connectivity index (χ3v) is 3.89. The molecule has 0 saturated heterocycles. The molecule has 2 aromatic rings. The van der Waals surface area contributed by atoms with Crippen molar-refractivity contribution < 1.29 is 0 Å². The number of nitrogens with one attached hydrogen (secondary N) is 1. The largest absolute Gasteiger partial charge is 0.313 e. The minimum absolute atomic E-state index is 0.783. The Bertz CT molecular complexity index is 564. The summed E-state index contributed by atoms with van der Waals surface area (Å²) in [7, 11) is 0. The highest BCUT2D eigenvalue weighted by Crippen LogP contribution is 2.20. The third kappa shape index (κ3) is 4.83. The van der Waals surface area contributed by atoms with Crippen LogP contribution in [-0.2, 0) is 19.4 Å². The zero-order valence-electron chi connectivity index (χ0n) is 12.8. The summed E-state index contributed by atoms with van der Waals surface area (Å²) < 4.78 is 0. The minimum atomic E-state index is 0.783. The first-order valence-electron chi connectivity index (χ1n) is 7.64. The molecule has 1 aromatic heterocycles. The fraction of sp³-hybridized carbons (Fsp3) is 0.389. The van der Waals surface area contributed by atoms with Crippen molar-refractivity contribution in [1.82, 2.24) is 10.3 Å². The number of aromatic nitrogens is 1. The summed E-state index contributed by atoms with van der Waals surface area (Å²) in [6, 6.07) is 10.5. The Morgan fingerprint density at radius 1 is 1.10 bits per heavy atom. The molecule has 0 spiro atoms. The molecule has 0 bridgehead atoms. The van der Waals surface area contributed by atoms with Gasteiger partial charge in [0, 0.05) is 29.9 Å². The summed E-state index contributed by atoms with van der Waals surface area (Å²) in [6.45, 7) is 6.21. The molecule has 0 aliphatic carbocycles. The van der Waals surface area contributed by atoms with Crippen molar-refractivity contribution in [1.29, 1.82) is 0 Å². The Labute approximate surface area is 132 Å². The van der Waals surface area contributed by atoms with Gasteiger partial charge in [0.2, 0.25) is 0 Å². The van der Waals surface area contributed by atoms with Crippen molar-refractivity contribution in [3.63, 3.8) is 0 Å². The molecule has 2 rings (SSSR count). The molecule has 0 unspecified atom stereocenters. The number of benzene rings is 1. The molecule has 1 N–H and O–H groups in total. The van der Waals surface area contributed by atoms with Gasteiger partial charge in [-0.05, 0) is 48.2 Å². The van der Waals surface area contributed by atoms with Gasteiger partial charge in [-0.1, -0.05) is 43.6 Å². The molecule has 2 nitrogen and oxygen atoms in total. The second kappa shape index (κ2) is 8.16. The highest BCUT2D eigenvalue weighted by molar-refractivity contribution is 6.31. The molecular weight excluding hydrogens is 280 g/mol. The Hall–Kier alpha value is -1.38. The molecule has 0 aliphatic rings. The van der Waals surface area contributed by atoms with Crippen LogP contribution in [0.15, 0.2) is 36.5 Å². The zero-order valence-corrected chi connectivity index (χ0v) is 13.6. The number of nitrogens with zero attached hydrogens (tertiary/aromatic N) is 1. The van der Waals surface area contributed by atoms with Gasteiger partial charge in [-0.2, -0.15) is 0 Å². The van der Waals surface area contributed by atoms with Crippen LogP contribution in [0.3, 0.4) is 0 Å². The van der Waals surface area contributed by atoms with E-state index in [2.05, 4.69) is 54.5 Å². The van der Waals surface area contributed by atoms with Crippen molar-refractivity contribution in [3.05, 3.63) is 63.9 Å². The maximum Gasteiger partial charge on any atom is 0.0448 e. The Morgan fingerprint density at radius 3 is 2.52 bits per heavy atom. The van der Waals surface area contributed by atoms with Crippen LogP contribution >= 0.6 is 11.6 Å². The van der Waals surface area contributed by atoms with Gasteiger partial charge in [0.15, 0.2) is 0 Å². The van der Waals surface area contributed by atoms with Crippen LogP contribution in [0.1, 0.15) is 42.7 Å². The molecule has 3 heteroatoms. The summed E-state index contributed by atoms with van der Waals surface area (Å²) in [5.41, 5.74) is 4.69. The van der Waals surface area contributed by atoms with E-state index in [1.807, 2.05) is 6.20 Å². The van der Waals surface area contributed by atoms with Gasteiger partial charge in [-0.3, -0.25) is 4.98 Å². The fourth-order valence-corrected chi connectivity index (χ4v) is 2.49. The van der Waals surface area contributed by atoms with Crippen molar-refractivity contribution in [3.8, 4) is 0 Å². The Kier molecular flexibility index (Phi) is 6.21. The average molecular weight is 303 g/mol. The first-order chi connectivity index (χ1) is 10.2. The monoisotopic (exact) mass is 302 g/mol. The molecule has 0 aliphatic heterocycles. The molecule has 0 atom stereocenters. The van der Waals surface area contributed by atoms with Gasteiger partial charge < -0.3 is 5.32 Å². The maximum absolute atomic E-state index is 6.40. The van der Waals surface area contributed by atoms with Crippen LogP contribution in [0.2, 0.25) is 5.02 Å². The number of aryl methyl sites for hydroxylation is 1. The molecule has 21 heavy (non-hydrogen) atoms. The van der Waals surface area contributed by atoms with Crippen LogP contribution in [-0.4, -0.2) is 11.5 Å². The van der Waals surface area contributed by atoms with Gasteiger partial charge in [0.1, 0.15) is 0 Å². The predicted molar refractivity (Wildman–Crippen MR) is 89.9 cm³/mol. The lowest BCUT2D eigenvalue weighted by molar-refractivity contribution is 0.675. The Morgan fingerprint density at radius 2 is 1.90 bits per heavy atom. The van der Waals surface area contributed by atoms with Crippen molar-refractivity contribution in [2.45, 2.75) is 39.7 Å². The number of hydrogen-bond donors (Lipinski definition) is 1. The summed E-state index contributed by atoms with van der Waals surface area (Å²) in [4.78, 5) is 4.50. The molecule has 1 heterocycles. The van der Waals surface area contributed by atoms with E-state index in [9.17, 15) is 0 Å².